The van der Waals surface area contributed by atoms with Gasteiger partial charge in [-0.3, -0.25) is 4.79 Å². The summed E-state index contributed by atoms with van der Waals surface area (Å²) in [7, 11) is 0. The van der Waals surface area contributed by atoms with Crippen molar-refractivity contribution in [3.05, 3.63) is 53.6 Å². The number of carbonyl (C=O) groups is 1. The summed E-state index contributed by atoms with van der Waals surface area (Å²) < 4.78 is 5.79. The van der Waals surface area contributed by atoms with E-state index in [0.717, 1.165) is 34.7 Å². The Morgan fingerprint density at radius 2 is 1.96 bits per heavy atom. The molecule has 0 bridgehead atoms. The monoisotopic (exact) mass is 326 g/mol. The number of carbonyl (C=O) groups excluding carboxylic acids is 1. The van der Waals surface area contributed by atoms with Crippen molar-refractivity contribution in [2.24, 2.45) is 0 Å². The number of hydrogen-bond acceptors (Lipinski definition) is 3. The first-order valence-electron chi connectivity index (χ1n) is 8.35. The number of ether oxygens (including phenoxy) is 1. The zero-order chi connectivity index (χ0) is 17.5. The molecule has 2 rings (SSSR count). The number of hydrogen-bond donors (Lipinski definition) is 2. The number of rotatable bonds is 7. The average molecular weight is 326 g/mol. The summed E-state index contributed by atoms with van der Waals surface area (Å²) in [6, 6.07) is 13.7. The zero-order valence-corrected chi connectivity index (χ0v) is 14.8. The zero-order valence-electron chi connectivity index (χ0n) is 14.8. The molecule has 1 amide bonds. The third-order valence-electron chi connectivity index (χ3n) is 3.87. The summed E-state index contributed by atoms with van der Waals surface area (Å²) in [5.74, 6) is 0.737. The Balaban J connectivity index is 1.92. The van der Waals surface area contributed by atoms with E-state index >= 15 is 0 Å². The number of benzene rings is 2. The largest absolute Gasteiger partial charge is 0.491 e. The number of aryl methyl sites for hydroxylation is 2. The molecule has 4 heteroatoms. The molecule has 0 aliphatic heterocycles. The molecule has 0 radical (unpaired) electrons. The van der Waals surface area contributed by atoms with E-state index in [4.69, 9.17) is 4.74 Å². The molecule has 0 spiro atoms. The minimum absolute atomic E-state index is 0.0723. The van der Waals surface area contributed by atoms with Gasteiger partial charge < -0.3 is 15.4 Å². The van der Waals surface area contributed by atoms with Crippen LogP contribution in [-0.4, -0.2) is 18.6 Å². The normalized spacial score (nSPS) is 11.7. The van der Waals surface area contributed by atoms with Crippen molar-refractivity contribution < 1.29 is 9.53 Å². The summed E-state index contributed by atoms with van der Waals surface area (Å²) in [5.41, 5.74) is 3.90. The lowest BCUT2D eigenvalue weighted by Gasteiger charge is -2.14. The Kier molecular flexibility index (Phi) is 6.24. The quantitative estimate of drug-likeness (QED) is 0.786. The molecule has 1 unspecified atom stereocenters. The molecule has 0 aliphatic rings. The second-order valence-electron chi connectivity index (χ2n) is 6.08. The highest BCUT2D eigenvalue weighted by molar-refractivity contribution is 5.94. The van der Waals surface area contributed by atoms with Gasteiger partial charge in [-0.15, -0.1) is 0 Å². The van der Waals surface area contributed by atoms with E-state index in [1.54, 1.807) is 0 Å². The molecule has 2 N–H and O–H groups in total. The lowest BCUT2D eigenvalue weighted by atomic mass is 10.1. The smallest absolute Gasteiger partial charge is 0.243 e. The highest BCUT2D eigenvalue weighted by Gasteiger charge is 2.06. The maximum absolute atomic E-state index is 12.2. The van der Waals surface area contributed by atoms with Gasteiger partial charge in [0.15, 0.2) is 0 Å². The topological polar surface area (TPSA) is 50.4 Å². The van der Waals surface area contributed by atoms with E-state index in [0.29, 0.717) is 0 Å². The molecule has 0 saturated carbocycles. The molecule has 1 atom stereocenters. The van der Waals surface area contributed by atoms with E-state index < -0.39 is 0 Å². The predicted molar refractivity (Wildman–Crippen MR) is 99.9 cm³/mol. The van der Waals surface area contributed by atoms with Crippen LogP contribution in [-0.2, 0) is 4.79 Å². The van der Waals surface area contributed by atoms with E-state index in [2.05, 4.69) is 17.6 Å². The number of nitrogens with one attached hydrogen (secondary N) is 2. The Hall–Kier alpha value is -2.49. The molecular formula is C20H26N2O2. The van der Waals surface area contributed by atoms with Gasteiger partial charge in [-0.25, -0.2) is 0 Å². The Morgan fingerprint density at radius 1 is 1.17 bits per heavy atom. The maximum atomic E-state index is 12.2. The van der Waals surface area contributed by atoms with E-state index in [9.17, 15) is 4.79 Å². The summed E-state index contributed by atoms with van der Waals surface area (Å²) in [6.07, 6.45) is 1.13. The molecule has 0 saturated heterocycles. The average Bonchev–Trinajstić information content (AvgIpc) is 2.56. The molecule has 4 nitrogen and oxygen atoms in total. The van der Waals surface area contributed by atoms with Crippen molar-refractivity contribution in [2.45, 2.75) is 40.2 Å². The molecule has 2 aromatic rings. The van der Waals surface area contributed by atoms with Crippen molar-refractivity contribution in [1.82, 2.24) is 0 Å². The lowest BCUT2D eigenvalue weighted by molar-refractivity contribution is -0.114. The van der Waals surface area contributed by atoms with Crippen LogP contribution < -0.4 is 15.4 Å². The molecular weight excluding hydrogens is 300 g/mol. The second-order valence-corrected chi connectivity index (χ2v) is 6.08. The standard InChI is InChI=1S/C20H26N2O2/c1-5-16(4)24-18-8-6-7-17(12-18)21-13-20(23)22-19-11-14(2)9-10-15(19)3/h6-12,16,21H,5,13H2,1-4H3,(H,22,23). The van der Waals surface area contributed by atoms with Crippen LogP contribution in [0.5, 0.6) is 5.75 Å². The number of amides is 1. The first kappa shape index (κ1) is 17.9. The summed E-state index contributed by atoms with van der Waals surface area (Å²) in [4.78, 5) is 12.2. The van der Waals surface area contributed by atoms with E-state index in [1.165, 1.54) is 0 Å². The Bertz CT molecular complexity index is 698. The van der Waals surface area contributed by atoms with Gasteiger partial charge in [0.25, 0.3) is 0 Å². The minimum atomic E-state index is -0.0723. The van der Waals surface area contributed by atoms with Crippen LogP contribution in [0.1, 0.15) is 31.4 Å². The lowest BCUT2D eigenvalue weighted by Crippen LogP contribution is -2.22. The minimum Gasteiger partial charge on any atom is -0.491 e. The van der Waals surface area contributed by atoms with Crippen molar-refractivity contribution in [2.75, 3.05) is 17.2 Å². The summed E-state index contributed by atoms with van der Waals surface area (Å²) in [5, 5.41) is 6.08. The van der Waals surface area contributed by atoms with Gasteiger partial charge in [-0.2, -0.15) is 0 Å². The van der Waals surface area contributed by atoms with Crippen LogP contribution in [0.4, 0.5) is 11.4 Å². The molecule has 0 aromatic heterocycles. The molecule has 0 heterocycles. The first-order valence-corrected chi connectivity index (χ1v) is 8.35. The van der Waals surface area contributed by atoms with Gasteiger partial charge in [-0.05, 0) is 56.5 Å². The van der Waals surface area contributed by atoms with Gasteiger partial charge in [0.1, 0.15) is 5.75 Å². The Labute approximate surface area is 144 Å². The molecule has 2 aromatic carbocycles. The van der Waals surface area contributed by atoms with Gasteiger partial charge in [0.05, 0.1) is 12.6 Å². The molecule has 24 heavy (non-hydrogen) atoms. The fourth-order valence-electron chi connectivity index (χ4n) is 2.24. The third kappa shape index (κ3) is 5.30. The van der Waals surface area contributed by atoms with Crippen molar-refractivity contribution >= 4 is 17.3 Å². The highest BCUT2D eigenvalue weighted by Crippen LogP contribution is 2.19. The molecule has 0 fully saturated rings. The predicted octanol–water partition coefficient (Wildman–Crippen LogP) is 4.53. The van der Waals surface area contributed by atoms with Gasteiger partial charge in [-0.1, -0.05) is 25.1 Å². The van der Waals surface area contributed by atoms with Crippen molar-refractivity contribution in [3.8, 4) is 5.75 Å². The fraction of sp³-hybridized carbons (Fsp3) is 0.350. The second kappa shape index (κ2) is 8.39. The van der Waals surface area contributed by atoms with E-state index in [1.807, 2.05) is 63.2 Å². The van der Waals surface area contributed by atoms with Gasteiger partial charge in [0.2, 0.25) is 5.91 Å². The third-order valence-corrected chi connectivity index (χ3v) is 3.87. The maximum Gasteiger partial charge on any atom is 0.243 e. The van der Waals surface area contributed by atoms with Crippen LogP contribution in [0.25, 0.3) is 0 Å². The van der Waals surface area contributed by atoms with Crippen molar-refractivity contribution in [3.63, 3.8) is 0 Å². The van der Waals surface area contributed by atoms with Crippen LogP contribution in [0.3, 0.4) is 0 Å². The van der Waals surface area contributed by atoms with Crippen LogP contribution in [0.2, 0.25) is 0 Å². The molecule has 0 aliphatic carbocycles. The summed E-state index contributed by atoms with van der Waals surface area (Å²) in [6.45, 7) is 8.33. The van der Waals surface area contributed by atoms with Crippen molar-refractivity contribution in [1.29, 1.82) is 0 Å². The van der Waals surface area contributed by atoms with Crippen LogP contribution in [0, 0.1) is 13.8 Å². The highest BCUT2D eigenvalue weighted by atomic mass is 16.5. The van der Waals surface area contributed by atoms with Crippen LogP contribution >= 0.6 is 0 Å². The fourth-order valence-corrected chi connectivity index (χ4v) is 2.24. The summed E-state index contributed by atoms with van der Waals surface area (Å²) >= 11 is 0. The van der Waals surface area contributed by atoms with Gasteiger partial charge >= 0.3 is 0 Å². The first-order chi connectivity index (χ1) is 11.5. The Morgan fingerprint density at radius 3 is 2.71 bits per heavy atom. The SMILES string of the molecule is CCC(C)Oc1cccc(NCC(=O)Nc2cc(C)ccc2C)c1. The molecule has 128 valence electrons. The number of anilines is 2. The van der Waals surface area contributed by atoms with Crippen LogP contribution in [0.15, 0.2) is 42.5 Å². The van der Waals surface area contributed by atoms with E-state index in [-0.39, 0.29) is 18.6 Å². The van der Waals surface area contributed by atoms with Gasteiger partial charge in [0, 0.05) is 17.4 Å².